The number of halogens is 3. The molecule has 3 N–H and O–H groups in total. The van der Waals surface area contributed by atoms with E-state index < -0.39 is 17.6 Å². The maximum absolute atomic E-state index is 12.8. The van der Waals surface area contributed by atoms with Gasteiger partial charge in [-0.2, -0.15) is 13.2 Å². The maximum Gasteiger partial charge on any atom is 0.416 e. The van der Waals surface area contributed by atoms with E-state index in [0.717, 1.165) is 17.7 Å². The van der Waals surface area contributed by atoms with Gasteiger partial charge in [0.1, 0.15) is 5.76 Å². The number of hydrogen-bond acceptors (Lipinski definition) is 4. The second-order valence-electron chi connectivity index (χ2n) is 7.34. The predicted molar refractivity (Wildman–Crippen MR) is 132 cm³/mol. The van der Waals surface area contributed by atoms with Crippen LogP contribution in [0.5, 0.6) is 0 Å². The zero-order valence-corrected chi connectivity index (χ0v) is 19.7. The van der Waals surface area contributed by atoms with E-state index in [1.165, 1.54) is 0 Å². The van der Waals surface area contributed by atoms with Crippen molar-refractivity contribution in [3.63, 3.8) is 0 Å². The summed E-state index contributed by atoms with van der Waals surface area (Å²) in [6.07, 6.45) is -4.56. The summed E-state index contributed by atoms with van der Waals surface area (Å²) in [6.45, 7) is 9.53. The van der Waals surface area contributed by atoms with Crippen LogP contribution in [-0.4, -0.2) is 18.3 Å². The molecule has 3 aromatic rings. The lowest BCUT2D eigenvalue weighted by Crippen LogP contribution is -2.15. The molecule has 35 heavy (non-hydrogen) atoms. The Balaban J connectivity index is 0.00000210. The molecule has 0 bridgehead atoms. The van der Waals surface area contributed by atoms with Crippen molar-refractivity contribution in [2.45, 2.75) is 26.9 Å². The van der Waals surface area contributed by atoms with Crippen LogP contribution < -0.4 is 11.1 Å². The number of anilines is 2. The van der Waals surface area contributed by atoms with Crippen molar-refractivity contribution in [2.24, 2.45) is 0 Å². The number of hydrogen-bond donors (Lipinski definition) is 2. The number of nitrogen functional groups attached to an aromatic ring is 1. The van der Waals surface area contributed by atoms with Gasteiger partial charge < -0.3 is 15.8 Å². The third kappa shape index (κ3) is 7.46. The molecule has 5 nitrogen and oxygen atoms in total. The van der Waals surface area contributed by atoms with Crippen LogP contribution in [0.15, 0.2) is 73.3 Å². The summed E-state index contributed by atoms with van der Waals surface area (Å²) in [7, 11) is 0. The van der Waals surface area contributed by atoms with Gasteiger partial charge in [-0.15, -0.1) is 0 Å². The van der Waals surface area contributed by atoms with Crippen molar-refractivity contribution in [3.8, 4) is 0 Å². The minimum Gasteiger partial charge on any atom is -0.485 e. The fraction of sp³-hybridized carbons (Fsp3) is 0.185. The van der Waals surface area contributed by atoms with E-state index in [1.807, 2.05) is 32.9 Å². The molecule has 0 radical (unpaired) electrons. The fourth-order valence-corrected chi connectivity index (χ4v) is 2.97. The third-order valence-electron chi connectivity index (χ3n) is 4.82. The van der Waals surface area contributed by atoms with Crippen LogP contribution in [0, 0.1) is 6.92 Å². The standard InChI is InChI=1S/C25H21F3N2O3.C2H6/c1-15-6-8-17(9-7-15)23(31)14-33-16(2)18-4-3-5-20(12-18)30-24(32)21-11-10-19(13-22(21)29)25(26,27)28;1-2/h3-13H,2,14,29H2,1H3,(H,30,32);1-2H3. The van der Waals surface area contributed by atoms with Gasteiger partial charge >= 0.3 is 6.18 Å². The molecule has 1 amide bonds. The molecule has 0 fully saturated rings. The van der Waals surface area contributed by atoms with Gasteiger partial charge in [-0.1, -0.05) is 62.4 Å². The summed E-state index contributed by atoms with van der Waals surface area (Å²) in [4.78, 5) is 24.8. The molecule has 0 saturated carbocycles. The lowest BCUT2D eigenvalue weighted by molar-refractivity contribution is -0.137. The summed E-state index contributed by atoms with van der Waals surface area (Å²) in [5.74, 6) is -0.654. The Bertz CT molecular complexity index is 1200. The van der Waals surface area contributed by atoms with Gasteiger partial charge in [0, 0.05) is 22.5 Å². The SMILES string of the molecule is C=C(OCC(=O)c1ccc(C)cc1)c1cccc(NC(=O)c2ccc(C(F)(F)F)cc2N)c1.CC. The normalized spacial score (nSPS) is 10.6. The zero-order chi connectivity index (χ0) is 26.2. The van der Waals surface area contributed by atoms with Crippen molar-refractivity contribution in [1.82, 2.24) is 0 Å². The Labute approximate surface area is 202 Å². The highest BCUT2D eigenvalue weighted by Gasteiger charge is 2.31. The minimum atomic E-state index is -4.56. The number of carbonyl (C=O) groups is 2. The van der Waals surface area contributed by atoms with Crippen molar-refractivity contribution in [2.75, 3.05) is 17.7 Å². The fourth-order valence-electron chi connectivity index (χ4n) is 2.97. The monoisotopic (exact) mass is 484 g/mol. The number of ether oxygens (including phenoxy) is 1. The van der Waals surface area contributed by atoms with Crippen molar-refractivity contribution < 1.29 is 27.5 Å². The van der Waals surface area contributed by atoms with Crippen LogP contribution in [0.4, 0.5) is 24.5 Å². The van der Waals surface area contributed by atoms with Crippen LogP contribution in [0.1, 0.15) is 51.3 Å². The highest BCUT2D eigenvalue weighted by atomic mass is 19.4. The first kappa shape index (κ1) is 27.2. The Morgan fingerprint density at radius 2 is 1.63 bits per heavy atom. The average Bonchev–Trinajstić information content (AvgIpc) is 2.83. The van der Waals surface area contributed by atoms with E-state index in [0.29, 0.717) is 22.9 Å². The number of aryl methyl sites for hydroxylation is 1. The van der Waals surface area contributed by atoms with E-state index >= 15 is 0 Å². The largest absolute Gasteiger partial charge is 0.485 e. The number of nitrogens with two attached hydrogens (primary N) is 1. The van der Waals surface area contributed by atoms with E-state index in [1.54, 1.807) is 36.4 Å². The lowest BCUT2D eigenvalue weighted by Gasteiger charge is -2.13. The van der Waals surface area contributed by atoms with Crippen molar-refractivity contribution >= 4 is 28.8 Å². The molecule has 3 rings (SSSR count). The Kier molecular flexibility index (Phi) is 9.22. The van der Waals surface area contributed by atoms with Gasteiger partial charge in [0.15, 0.2) is 12.4 Å². The Morgan fingerprint density at radius 1 is 0.971 bits per heavy atom. The Morgan fingerprint density at radius 3 is 2.23 bits per heavy atom. The Hall–Kier alpha value is -4.07. The molecule has 3 aromatic carbocycles. The lowest BCUT2D eigenvalue weighted by atomic mass is 10.1. The van der Waals surface area contributed by atoms with Gasteiger partial charge in [-0.25, -0.2) is 0 Å². The van der Waals surface area contributed by atoms with Crippen LogP contribution >= 0.6 is 0 Å². The molecule has 184 valence electrons. The molecule has 0 spiro atoms. The summed E-state index contributed by atoms with van der Waals surface area (Å²) in [5.41, 5.74) is 6.75. The van der Waals surface area contributed by atoms with E-state index in [-0.39, 0.29) is 29.4 Å². The number of alkyl halides is 3. The van der Waals surface area contributed by atoms with Crippen molar-refractivity contribution in [1.29, 1.82) is 0 Å². The number of carbonyl (C=O) groups excluding carboxylic acids is 2. The predicted octanol–water partition coefficient (Wildman–Crippen LogP) is 6.74. The topological polar surface area (TPSA) is 81.4 Å². The maximum atomic E-state index is 12.8. The summed E-state index contributed by atoms with van der Waals surface area (Å²) in [6, 6.07) is 16.1. The van der Waals surface area contributed by atoms with Crippen LogP contribution in [0.25, 0.3) is 5.76 Å². The highest BCUT2D eigenvalue weighted by Crippen LogP contribution is 2.31. The molecule has 0 saturated heterocycles. The van der Waals surface area contributed by atoms with Gasteiger partial charge in [-0.05, 0) is 37.3 Å². The highest BCUT2D eigenvalue weighted by molar-refractivity contribution is 6.08. The number of Topliss-reactive ketones (excluding diaryl/α,β-unsaturated/α-hetero) is 1. The van der Waals surface area contributed by atoms with Gasteiger partial charge in [0.05, 0.1) is 11.1 Å². The van der Waals surface area contributed by atoms with E-state index in [9.17, 15) is 22.8 Å². The van der Waals surface area contributed by atoms with Crippen LogP contribution in [0.3, 0.4) is 0 Å². The minimum absolute atomic E-state index is 0.0906. The van der Waals surface area contributed by atoms with Gasteiger partial charge in [0.25, 0.3) is 5.91 Å². The summed E-state index contributed by atoms with van der Waals surface area (Å²) in [5, 5.41) is 2.58. The molecule has 0 aromatic heterocycles. The van der Waals surface area contributed by atoms with Crippen molar-refractivity contribution in [3.05, 3.63) is 101 Å². The summed E-state index contributed by atoms with van der Waals surface area (Å²) < 4.78 is 43.9. The summed E-state index contributed by atoms with van der Waals surface area (Å²) >= 11 is 0. The zero-order valence-electron chi connectivity index (χ0n) is 19.7. The second kappa shape index (κ2) is 11.9. The number of benzene rings is 3. The third-order valence-corrected chi connectivity index (χ3v) is 4.82. The molecule has 0 aliphatic rings. The first-order valence-corrected chi connectivity index (χ1v) is 10.8. The smallest absolute Gasteiger partial charge is 0.416 e. The first-order chi connectivity index (χ1) is 16.5. The van der Waals surface area contributed by atoms with Gasteiger partial charge in [-0.3, -0.25) is 9.59 Å². The van der Waals surface area contributed by atoms with Crippen LogP contribution in [0.2, 0.25) is 0 Å². The molecule has 0 aliphatic heterocycles. The van der Waals surface area contributed by atoms with Crippen LogP contribution in [-0.2, 0) is 10.9 Å². The molecular formula is C27H27F3N2O3. The average molecular weight is 485 g/mol. The first-order valence-electron chi connectivity index (χ1n) is 10.8. The van der Waals surface area contributed by atoms with E-state index in [4.69, 9.17) is 10.5 Å². The molecule has 0 aliphatic carbocycles. The molecule has 0 heterocycles. The number of ketones is 1. The second-order valence-corrected chi connectivity index (χ2v) is 7.34. The van der Waals surface area contributed by atoms with Gasteiger partial charge in [0.2, 0.25) is 0 Å². The van der Waals surface area contributed by atoms with E-state index in [2.05, 4.69) is 11.9 Å². The number of nitrogens with one attached hydrogen (secondary N) is 1. The number of rotatable bonds is 7. The molecule has 8 heteroatoms. The quantitative estimate of drug-likeness (QED) is 0.221. The molecule has 0 unspecified atom stereocenters. The molecular weight excluding hydrogens is 457 g/mol. The molecule has 0 atom stereocenters. The number of amides is 1.